The number of allylic oxidation sites excluding steroid dienone is 1. The first-order valence-electron chi connectivity index (χ1n) is 7.72. The van der Waals surface area contributed by atoms with Crippen molar-refractivity contribution in [2.24, 2.45) is 0 Å². The molecule has 3 heteroatoms. The van der Waals surface area contributed by atoms with Crippen LogP contribution in [0.5, 0.6) is 5.88 Å². The van der Waals surface area contributed by atoms with Crippen molar-refractivity contribution in [1.29, 1.82) is 0 Å². The van der Waals surface area contributed by atoms with E-state index in [2.05, 4.69) is 35.1 Å². The Morgan fingerprint density at radius 3 is 3.00 bits per heavy atom. The van der Waals surface area contributed by atoms with Crippen LogP contribution < -0.4 is 10.1 Å². The SMILES string of the molecule is C=CCCCOc1cc(CNC2CC2)c2ccccc2n1. The number of nitrogens with zero attached hydrogens (tertiary/aromatic N) is 1. The number of rotatable bonds is 8. The van der Waals surface area contributed by atoms with Gasteiger partial charge in [-0.1, -0.05) is 24.3 Å². The number of fused-ring (bicyclic) bond motifs is 1. The summed E-state index contributed by atoms with van der Waals surface area (Å²) in [6.45, 7) is 5.30. The lowest BCUT2D eigenvalue weighted by atomic mass is 10.1. The largest absolute Gasteiger partial charge is 0.478 e. The first-order chi connectivity index (χ1) is 10.4. The number of hydrogen-bond donors (Lipinski definition) is 1. The van der Waals surface area contributed by atoms with E-state index in [1.165, 1.54) is 23.8 Å². The summed E-state index contributed by atoms with van der Waals surface area (Å²) < 4.78 is 5.79. The van der Waals surface area contributed by atoms with Gasteiger partial charge in [0.2, 0.25) is 5.88 Å². The average molecular weight is 282 g/mol. The fraction of sp³-hybridized carbons (Fsp3) is 0.389. The lowest BCUT2D eigenvalue weighted by molar-refractivity contribution is 0.301. The minimum Gasteiger partial charge on any atom is -0.478 e. The summed E-state index contributed by atoms with van der Waals surface area (Å²) >= 11 is 0. The number of unbranched alkanes of at least 4 members (excludes halogenated alkanes) is 1. The van der Waals surface area contributed by atoms with Crippen LogP contribution in [0.4, 0.5) is 0 Å². The molecule has 2 aromatic rings. The zero-order valence-corrected chi connectivity index (χ0v) is 12.3. The van der Waals surface area contributed by atoms with E-state index in [9.17, 15) is 0 Å². The number of pyridine rings is 1. The Morgan fingerprint density at radius 2 is 2.19 bits per heavy atom. The minimum absolute atomic E-state index is 0.687. The molecule has 0 unspecified atom stereocenters. The molecule has 1 N–H and O–H groups in total. The molecule has 0 radical (unpaired) electrons. The number of para-hydroxylation sites is 1. The highest BCUT2D eigenvalue weighted by molar-refractivity contribution is 5.82. The van der Waals surface area contributed by atoms with E-state index in [0.29, 0.717) is 12.6 Å². The summed E-state index contributed by atoms with van der Waals surface area (Å²) in [5.74, 6) is 0.727. The smallest absolute Gasteiger partial charge is 0.214 e. The summed E-state index contributed by atoms with van der Waals surface area (Å²) in [5.41, 5.74) is 2.28. The molecule has 0 saturated heterocycles. The van der Waals surface area contributed by atoms with Crippen LogP contribution in [0.25, 0.3) is 10.9 Å². The van der Waals surface area contributed by atoms with Crippen molar-refractivity contribution in [3.63, 3.8) is 0 Å². The van der Waals surface area contributed by atoms with Gasteiger partial charge in [0.15, 0.2) is 0 Å². The van der Waals surface area contributed by atoms with Gasteiger partial charge >= 0.3 is 0 Å². The lowest BCUT2D eigenvalue weighted by Gasteiger charge is -2.11. The predicted molar refractivity (Wildman–Crippen MR) is 86.5 cm³/mol. The minimum atomic E-state index is 0.687. The highest BCUT2D eigenvalue weighted by Gasteiger charge is 2.20. The normalized spacial score (nSPS) is 14.3. The van der Waals surface area contributed by atoms with E-state index in [1.807, 2.05) is 18.2 Å². The Bertz CT molecular complexity index is 620. The van der Waals surface area contributed by atoms with Crippen molar-refractivity contribution in [3.05, 3.63) is 48.6 Å². The molecule has 0 spiro atoms. The van der Waals surface area contributed by atoms with Crippen molar-refractivity contribution < 1.29 is 4.74 Å². The molecular weight excluding hydrogens is 260 g/mol. The van der Waals surface area contributed by atoms with Gasteiger partial charge in [-0.05, 0) is 37.3 Å². The van der Waals surface area contributed by atoms with E-state index >= 15 is 0 Å². The first-order valence-corrected chi connectivity index (χ1v) is 7.72. The Morgan fingerprint density at radius 1 is 1.33 bits per heavy atom. The third-order valence-corrected chi connectivity index (χ3v) is 3.74. The maximum absolute atomic E-state index is 5.79. The van der Waals surface area contributed by atoms with Crippen LogP contribution in [0.3, 0.4) is 0 Å². The van der Waals surface area contributed by atoms with Crippen LogP contribution in [-0.4, -0.2) is 17.6 Å². The predicted octanol–water partition coefficient (Wildman–Crippen LogP) is 3.83. The monoisotopic (exact) mass is 282 g/mol. The van der Waals surface area contributed by atoms with Gasteiger partial charge in [-0.15, -0.1) is 6.58 Å². The molecular formula is C18H22N2O. The number of nitrogens with one attached hydrogen (secondary N) is 1. The fourth-order valence-corrected chi connectivity index (χ4v) is 2.39. The van der Waals surface area contributed by atoms with Gasteiger partial charge in [0, 0.05) is 24.0 Å². The summed E-state index contributed by atoms with van der Waals surface area (Å²) in [5, 5.41) is 4.78. The summed E-state index contributed by atoms with van der Waals surface area (Å²) in [6.07, 6.45) is 6.47. The second kappa shape index (κ2) is 6.72. The van der Waals surface area contributed by atoms with Crippen LogP contribution in [0.15, 0.2) is 43.0 Å². The molecule has 1 heterocycles. The highest BCUT2D eigenvalue weighted by atomic mass is 16.5. The van der Waals surface area contributed by atoms with Crippen LogP contribution in [0.2, 0.25) is 0 Å². The number of hydrogen-bond acceptors (Lipinski definition) is 3. The molecule has 0 aliphatic heterocycles. The van der Waals surface area contributed by atoms with Crippen LogP contribution in [0, 0.1) is 0 Å². The molecule has 21 heavy (non-hydrogen) atoms. The number of ether oxygens (including phenoxy) is 1. The van der Waals surface area contributed by atoms with Crippen molar-refractivity contribution >= 4 is 10.9 Å². The standard InChI is InChI=1S/C18H22N2O/c1-2-3-6-11-21-18-12-14(13-19-15-9-10-15)16-7-4-5-8-17(16)20-18/h2,4-5,7-8,12,15,19H,1,3,6,9-11,13H2. The van der Waals surface area contributed by atoms with Crippen molar-refractivity contribution in [1.82, 2.24) is 10.3 Å². The zero-order chi connectivity index (χ0) is 14.5. The van der Waals surface area contributed by atoms with Gasteiger partial charge in [-0.2, -0.15) is 0 Å². The quantitative estimate of drug-likeness (QED) is 0.590. The summed E-state index contributed by atoms with van der Waals surface area (Å²) in [6, 6.07) is 11.0. The molecule has 0 bridgehead atoms. The Balaban J connectivity index is 1.77. The van der Waals surface area contributed by atoms with Gasteiger partial charge in [0.05, 0.1) is 12.1 Å². The molecule has 110 valence electrons. The third-order valence-electron chi connectivity index (χ3n) is 3.74. The molecule has 1 aromatic heterocycles. The van der Waals surface area contributed by atoms with Crippen molar-refractivity contribution in [2.45, 2.75) is 38.3 Å². The van der Waals surface area contributed by atoms with E-state index in [-0.39, 0.29) is 0 Å². The zero-order valence-electron chi connectivity index (χ0n) is 12.3. The molecule has 0 amide bonds. The van der Waals surface area contributed by atoms with Crippen LogP contribution in [-0.2, 0) is 6.54 Å². The molecule has 1 aromatic carbocycles. The van der Waals surface area contributed by atoms with E-state index in [4.69, 9.17) is 4.74 Å². The fourth-order valence-electron chi connectivity index (χ4n) is 2.39. The first kappa shape index (κ1) is 14.1. The Labute approximate surface area is 126 Å². The number of aromatic nitrogens is 1. The van der Waals surface area contributed by atoms with E-state index < -0.39 is 0 Å². The van der Waals surface area contributed by atoms with Gasteiger partial charge in [0.25, 0.3) is 0 Å². The summed E-state index contributed by atoms with van der Waals surface area (Å²) in [7, 11) is 0. The molecule has 3 rings (SSSR count). The molecule has 0 atom stereocenters. The van der Waals surface area contributed by atoms with Crippen molar-refractivity contribution in [3.8, 4) is 5.88 Å². The van der Waals surface area contributed by atoms with Crippen LogP contribution >= 0.6 is 0 Å². The maximum Gasteiger partial charge on any atom is 0.214 e. The van der Waals surface area contributed by atoms with Gasteiger partial charge < -0.3 is 10.1 Å². The van der Waals surface area contributed by atoms with E-state index in [0.717, 1.165) is 30.8 Å². The topological polar surface area (TPSA) is 34.1 Å². The van der Waals surface area contributed by atoms with Gasteiger partial charge in [-0.3, -0.25) is 0 Å². The lowest BCUT2D eigenvalue weighted by Crippen LogP contribution is -2.15. The molecule has 1 saturated carbocycles. The van der Waals surface area contributed by atoms with Crippen molar-refractivity contribution in [2.75, 3.05) is 6.61 Å². The van der Waals surface area contributed by atoms with Gasteiger partial charge in [-0.25, -0.2) is 4.98 Å². The third kappa shape index (κ3) is 3.82. The number of benzene rings is 1. The Kier molecular flexibility index (Phi) is 4.51. The molecule has 3 nitrogen and oxygen atoms in total. The summed E-state index contributed by atoms with van der Waals surface area (Å²) in [4.78, 5) is 4.60. The highest BCUT2D eigenvalue weighted by Crippen LogP contribution is 2.24. The second-order valence-corrected chi connectivity index (χ2v) is 5.57. The van der Waals surface area contributed by atoms with E-state index in [1.54, 1.807) is 0 Å². The van der Waals surface area contributed by atoms with Gasteiger partial charge in [0.1, 0.15) is 0 Å². The maximum atomic E-state index is 5.79. The molecule has 1 aliphatic rings. The molecule has 1 aliphatic carbocycles. The van der Waals surface area contributed by atoms with Crippen LogP contribution in [0.1, 0.15) is 31.2 Å². The molecule has 1 fully saturated rings. The Hall–Kier alpha value is -1.87. The second-order valence-electron chi connectivity index (χ2n) is 5.57. The average Bonchev–Trinajstić information content (AvgIpc) is 3.33.